The highest BCUT2D eigenvalue weighted by molar-refractivity contribution is 7.13. The van der Waals surface area contributed by atoms with Crippen LogP contribution in [0, 0.1) is 36.5 Å². The lowest BCUT2D eigenvalue weighted by atomic mass is 9.90. The molecule has 1 unspecified atom stereocenters. The Labute approximate surface area is 428 Å². The first-order valence-electron chi connectivity index (χ1n) is 26.0. The zero-order valence-electron chi connectivity index (χ0n) is 41.9. The number of aromatic nitrogens is 2. The number of amides is 4. The van der Waals surface area contributed by atoms with Gasteiger partial charge in [-0.05, 0) is 143 Å². The molecule has 73 heavy (non-hydrogen) atoms. The van der Waals surface area contributed by atoms with Gasteiger partial charge in [0.2, 0.25) is 17.7 Å². The second-order valence-electron chi connectivity index (χ2n) is 20.8. The SMILES string of the molecule is Cc1ccc(N[C@H]2CNCC2(F)F)cc1C(=O)N[C@H](C)c1ccc(C#CC2CCN(CC3CCN(C(=O)C4CCN(c5ccc6c(c5)n(C)c(=O)n6C5CCC(=O)NC5=O)CC4)CC3)CC2)c(-c2cccs2)c1. The average Bonchev–Trinajstić information content (AvgIpc) is 4.12. The van der Waals surface area contributed by atoms with Crippen molar-refractivity contribution in [2.24, 2.45) is 24.8 Å². The van der Waals surface area contributed by atoms with Crippen molar-refractivity contribution in [2.45, 2.75) is 89.3 Å². The molecule has 3 aromatic carbocycles. The Morgan fingerprint density at radius 3 is 2.38 bits per heavy atom. The molecule has 0 aliphatic carbocycles. The fourth-order valence-electron chi connectivity index (χ4n) is 11.5. The van der Waals surface area contributed by atoms with Gasteiger partial charge in [0.15, 0.2) is 0 Å². The molecule has 0 spiro atoms. The number of aryl methyl sites for hydroxylation is 2. The third-order valence-electron chi connectivity index (χ3n) is 16.0. The standard InChI is InChI=1S/C56H65F2N9O5S/c1-35-6-11-42(61-50-32-59-34-56(50,57)58)30-44(35)52(69)60-36(2)41-10-9-39(45(29-41)49-5-4-28-73-49)8-7-37-16-22-64(23-17-37)33-38-18-24-66(25-19-38)54(71)40-20-26-65(27-21-40)43-12-13-46-48(31-43)63(3)55(72)67(46)47-14-15-51(68)62-53(47)70/h4-6,9-13,28-31,36-38,40,47,50,59,61H,14-27,32-34H2,1-3H3,(H,60,69)(H,62,68,70)/t36-,47?,50+/m1/s1. The molecule has 0 radical (unpaired) electrons. The molecule has 5 aliphatic rings. The van der Waals surface area contributed by atoms with Crippen molar-refractivity contribution >= 4 is 57.4 Å². The van der Waals surface area contributed by atoms with Crippen LogP contribution in [0.1, 0.15) is 97.4 Å². The molecule has 7 heterocycles. The summed E-state index contributed by atoms with van der Waals surface area (Å²) in [5.41, 5.74) is 6.71. The van der Waals surface area contributed by atoms with Crippen molar-refractivity contribution in [3.05, 3.63) is 105 Å². The quantitative estimate of drug-likeness (QED) is 0.0804. The van der Waals surface area contributed by atoms with Gasteiger partial charge in [-0.15, -0.1) is 11.3 Å². The maximum Gasteiger partial charge on any atom is 0.329 e. The van der Waals surface area contributed by atoms with Gasteiger partial charge >= 0.3 is 5.69 Å². The topological polar surface area (TPSA) is 153 Å². The molecule has 2 aromatic heterocycles. The predicted molar refractivity (Wildman–Crippen MR) is 281 cm³/mol. The molecular weight excluding hydrogens is 949 g/mol. The summed E-state index contributed by atoms with van der Waals surface area (Å²) in [6.07, 6.45) is 6.08. The van der Waals surface area contributed by atoms with Gasteiger partial charge in [0.1, 0.15) is 12.1 Å². The number of benzene rings is 3. The number of hydrogen-bond acceptors (Lipinski definition) is 10. The highest BCUT2D eigenvalue weighted by atomic mass is 32.1. The van der Waals surface area contributed by atoms with Crippen molar-refractivity contribution < 1.29 is 28.0 Å². The van der Waals surface area contributed by atoms with Gasteiger partial charge in [0.05, 0.1) is 23.6 Å². The maximum atomic E-state index is 14.3. The number of hydrogen-bond donors (Lipinski definition) is 4. The average molecular weight is 1010 g/mol. The number of nitrogens with one attached hydrogen (secondary N) is 4. The number of nitrogens with zero attached hydrogens (tertiary/aromatic N) is 5. The Morgan fingerprint density at radius 2 is 1.67 bits per heavy atom. The Hall–Kier alpha value is -6.35. The van der Waals surface area contributed by atoms with E-state index in [9.17, 15) is 32.8 Å². The highest BCUT2D eigenvalue weighted by Gasteiger charge is 2.44. The summed E-state index contributed by atoms with van der Waals surface area (Å²) < 4.78 is 31.7. The zero-order valence-corrected chi connectivity index (χ0v) is 42.7. The Kier molecular flexibility index (Phi) is 14.6. The van der Waals surface area contributed by atoms with E-state index < -0.39 is 23.9 Å². The minimum absolute atomic E-state index is 0.00357. The van der Waals surface area contributed by atoms with Crippen LogP contribution < -0.4 is 31.9 Å². The van der Waals surface area contributed by atoms with Gasteiger partial charge in [-0.25, -0.2) is 13.6 Å². The number of rotatable bonds is 11. The van der Waals surface area contributed by atoms with Crippen LogP contribution in [0.25, 0.3) is 21.5 Å². The van der Waals surface area contributed by atoms with E-state index in [0.29, 0.717) is 35.0 Å². The molecule has 0 saturated carbocycles. The molecule has 3 atom stereocenters. The highest BCUT2D eigenvalue weighted by Crippen LogP contribution is 2.34. The molecule has 17 heteroatoms. The monoisotopic (exact) mass is 1010 g/mol. The van der Waals surface area contributed by atoms with E-state index in [1.807, 2.05) is 44.2 Å². The van der Waals surface area contributed by atoms with Crippen LogP contribution >= 0.6 is 11.3 Å². The molecule has 5 saturated heterocycles. The summed E-state index contributed by atoms with van der Waals surface area (Å²) in [4.78, 5) is 73.2. The van der Waals surface area contributed by atoms with Gasteiger partial charge in [0, 0.05) is 97.5 Å². The first kappa shape index (κ1) is 50.2. The van der Waals surface area contributed by atoms with E-state index in [1.54, 1.807) is 41.2 Å². The number of alkyl halides is 2. The van der Waals surface area contributed by atoms with E-state index in [2.05, 4.69) is 71.4 Å². The van der Waals surface area contributed by atoms with Crippen LogP contribution in [0.2, 0.25) is 0 Å². The lowest BCUT2D eigenvalue weighted by Crippen LogP contribution is -2.47. The lowest BCUT2D eigenvalue weighted by Gasteiger charge is -2.39. The molecule has 5 fully saturated rings. The van der Waals surface area contributed by atoms with E-state index in [0.717, 1.165) is 123 Å². The van der Waals surface area contributed by atoms with Gasteiger partial charge in [-0.3, -0.25) is 33.6 Å². The number of imidazole rings is 1. The number of anilines is 2. The number of halogens is 2. The van der Waals surface area contributed by atoms with Crippen molar-refractivity contribution in [3.63, 3.8) is 0 Å². The first-order chi connectivity index (χ1) is 35.2. The molecule has 4 amide bonds. The van der Waals surface area contributed by atoms with Crippen molar-refractivity contribution in [1.82, 2.24) is 34.9 Å². The van der Waals surface area contributed by atoms with Gasteiger partial charge in [-0.1, -0.05) is 30.0 Å². The summed E-state index contributed by atoms with van der Waals surface area (Å²) in [6, 6.07) is 19.3. The Balaban J connectivity index is 0.682. The van der Waals surface area contributed by atoms with Crippen molar-refractivity contribution in [2.75, 3.05) is 69.1 Å². The molecular formula is C56H65F2N9O5S. The largest absolute Gasteiger partial charge is 0.375 e. The van der Waals surface area contributed by atoms with E-state index in [4.69, 9.17) is 0 Å². The normalized spacial score (nSPS) is 21.7. The van der Waals surface area contributed by atoms with Crippen LogP contribution in [0.15, 0.2) is 76.9 Å². The lowest BCUT2D eigenvalue weighted by molar-refractivity contribution is -0.138. The minimum Gasteiger partial charge on any atom is -0.375 e. The molecule has 5 aliphatic heterocycles. The number of imide groups is 1. The summed E-state index contributed by atoms with van der Waals surface area (Å²) in [7, 11) is 1.71. The van der Waals surface area contributed by atoms with E-state index in [-0.39, 0.29) is 54.9 Å². The number of piperidine rings is 4. The van der Waals surface area contributed by atoms with Crippen LogP contribution in [0.5, 0.6) is 0 Å². The summed E-state index contributed by atoms with van der Waals surface area (Å²) >= 11 is 1.66. The van der Waals surface area contributed by atoms with Gasteiger partial charge in [-0.2, -0.15) is 0 Å². The molecule has 4 N–H and O–H groups in total. The summed E-state index contributed by atoms with van der Waals surface area (Å²) in [6.45, 7) is 9.71. The Bertz CT molecular complexity index is 3010. The molecule has 5 aromatic rings. The maximum absolute atomic E-state index is 14.3. The van der Waals surface area contributed by atoms with Crippen LogP contribution in [0.4, 0.5) is 20.2 Å². The summed E-state index contributed by atoms with van der Waals surface area (Å²) in [5.74, 6) is 4.37. The predicted octanol–water partition coefficient (Wildman–Crippen LogP) is 7.08. The van der Waals surface area contributed by atoms with Gasteiger partial charge in [0.25, 0.3) is 11.8 Å². The summed E-state index contributed by atoms with van der Waals surface area (Å²) in [5, 5.41) is 13.2. The number of likely N-dealkylation sites (tertiary alicyclic amines) is 2. The number of carbonyl (C=O) groups excluding carboxylic acids is 4. The molecule has 14 nitrogen and oxygen atoms in total. The number of thiophene rings is 1. The molecule has 10 rings (SSSR count). The first-order valence-corrected chi connectivity index (χ1v) is 26.8. The smallest absolute Gasteiger partial charge is 0.329 e. The molecule has 384 valence electrons. The molecule has 0 bridgehead atoms. The minimum atomic E-state index is -2.88. The van der Waals surface area contributed by atoms with E-state index >= 15 is 0 Å². The van der Waals surface area contributed by atoms with E-state index in [1.165, 1.54) is 4.57 Å². The number of carbonyl (C=O) groups is 4. The fraction of sp³-hybridized carbons (Fsp3) is 0.482. The Morgan fingerprint density at radius 1 is 0.890 bits per heavy atom. The third kappa shape index (κ3) is 10.8. The number of fused-ring (bicyclic) bond motifs is 1. The third-order valence-corrected chi connectivity index (χ3v) is 16.9. The van der Waals surface area contributed by atoms with Crippen LogP contribution in [0.3, 0.4) is 0 Å². The van der Waals surface area contributed by atoms with Crippen LogP contribution in [-0.4, -0.2) is 113 Å². The second kappa shape index (κ2) is 21.2. The fourth-order valence-corrected chi connectivity index (χ4v) is 12.2. The van der Waals surface area contributed by atoms with Crippen molar-refractivity contribution in [3.8, 4) is 22.3 Å². The van der Waals surface area contributed by atoms with Gasteiger partial charge < -0.3 is 30.7 Å². The van der Waals surface area contributed by atoms with Crippen molar-refractivity contribution in [1.29, 1.82) is 0 Å². The van der Waals surface area contributed by atoms with Crippen LogP contribution in [-0.2, 0) is 21.4 Å². The zero-order chi connectivity index (χ0) is 51.0. The second-order valence-corrected chi connectivity index (χ2v) is 21.8.